The van der Waals surface area contributed by atoms with Crippen LogP contribution in [-0.2, 0) is 4.74 Å². The molecular formula is C24H25F3O2. The molecular weight excluding hydrogens is 377 g/mol. The number of halogens is 3. The second-order valence-corrected chi connectivity index (χ2v) is 5.62. The number of methoxy groups -OCH3 is 1. The van der Waals surface area contributed by atoms with E-state index in [2.05, 4.69) is 32.9 Å². The van der Waals surface area contributed by atoms with Gasteiger partial charge in [-0.3, -0.25) is 0 Å². The number of ether oxygens (including phenoxy) is 1. The predicted octanol–water partition coefficient (Wildman–Crippen LogP) is 7.11. The van der Waals surface area contributed by atoms with Crippen molar-refractivity contribution in [2.75, 3.05) is 7.11 Å². The van der Waals surface area contributed by atoms with E-state index in [1.165, 1.54) is 37.5 Å². The highest BCUT2D eigenvalue weighted by Gasteiger charge is 2.10. The normalized spacial score (nSPS) is 11.0. The molecule has 2 nitrogen and oxygen atoms in total. The Morgan fingerprint density at radius 1 is 1.03 bits per heavy atom. The van der Waals surface area contributed by atoms with Crippen LogP contribution < -0.4 is 0 Å². The quantitative estimate of drug-likeness (QED) is 0.285. The third kappa shape index (κ3) is 8.84. The van der Waals surface area contributed by atoms with Crippen molar-refractivity contribution in [2.45, 2.75) is 6.92 Å². The number of hydrogen-bond acceptors (Lipinski definition) is 2. The average molecular weight is 402 g/mol. The minimum atomic E-state index is -1.32. The van der Waals surface area contributed by atoms with E-state index in [1.54, 1.807) is 6.08 Å². The predicted molar refractivity (Wildman–Crippen MR) is 115 cm³/mol. The molecule has 0 bridgehead atoms. The number of rotatable bonds is 8. The summed E-state index contributed by atoms with van der Waals surface area (Å²) in [6.45, 7) is 19.7. The molecule has 154 valence electrons. The molecule has 0 saturated heterocycles. The largest absolute Gasteiger partial charge is 0.505 e. The standard InChI is InChI=1S/C21H19F3O2.C3H6/c1-13(7-9-17-10-11-19(25)21(24)20(17)23)6-8-14(2)16(4)18(22)12-15(3)26-5;1-3-2/h6-12,25H,1-4H2,5H3;3H,1H2,2H3/b8-6-,9-7+,18-12+;. The molecule has 0 amide bonds. The topological polar surface area (TPSA) is 29.5 Å². The van der Waals surface area contributed by atoms with Crippen LogP contribution in [0.4, 0.5) is 13.2 Å². The van der Waals surface area contributed by atoms with Crippen LogP contribution in [0.5, 0.6) is 5.75 Å². The van der Waals surface area contributed by atoms with Crippen LogP contribution in [-0.4, -0.2) is 12.2 Å². The molecule has 0 aromatic heterocycles. The van der Waals surface area contributed by atoms with Gasteiger partial charge in [0.25, 0.3) is 0 Å². The monoisotopic (exact) mass is 402 g/mol. The minimum absolute atomic E-state index is 0.0443. The smallest absolute Gasteiger partial charge is 0.200 e. The molecule has 0 aliphatic rings. The van der Waals surface area contributed by atoms with Crippen LogP contribution >= 0.6 is 0 Å². The highest BCUT2D eigenvalue weighted by atomic mass is 19.2. The SMILES string of the molecule is C=C(/C=C\C(=C)C(=C)/C(F)=C\C(=C)OC)/C=C/c1ccc(O)c(F)c1F.C=CC. The summed E-state index contributed by atoms with van der Waals surface area (Å²) in [6.07, 6.45) is 8.55. The Kier molecular flexibility index (Phi) is 11.3. The summed E-state index contributed by atoms with van der Waals surface area (Å²) in [4.78, 5) is 0. The third-order valence-electron chi connectivity index (χ3n) is 3.29. The van der Waals surface area contributed by atoms with Gasteiger partial charge < -0.3 is 9.84 Å². The maximum absolute atomic E-state index is 13.9. The maximum Gasteiger partial charge on any atom is 0.200 e. The fourth-order valence-corrected chi connectivity index (χ4v) is 1.68. The lowest BCUT2D eigenvalue weighted by Gasteiger charge is -2.04. The van der Waals surface area contributed by atoms with Crippen molar-refractivity contribution in [3.05, 3.63) is 121 Å². The van der Waals surface area contributed by atoms with Gasteiger partial charge in [-0.1, -0.05) is 56.7 Å². The molecule has 29 heavy (non-hydrogen) atoms. The van der Waals surface area contributed by atoms with Gasteiger partial charge in [-0.25, -0.2) is 8.78 Å². The number of allylic oxidation sites excluding steroid dienone is 9. The average Bonchev–Trinajstić information content (AvgIpc) is 2.69. The first kappa shape index (κ1) is 25.5. The zero-order valence-corrected chi connectivity index (χ0v) is 16.6. The van der Waals surface area contributed by atoms with E-state index in [0.29, 0.717) is 11.1 Å². The van der Waals surface area contributed by atoms with Gasteiger partial charge >= 0.3 is 0 Å². The minimum Gasteiger partial charge on any atom is -0.505 e. The molecule has 0 aliphatic heterocycles. The molecule has 0 aliphatic carbocycles. The van der Waals surface area contributed by atoms with Crippen molar-refractivity contribution in [3.8, 4) is 5.75 Å². The molecule has 0 saturated carbocycles. The van der Waals surface area contributed by atoms with E-state index in [0.717, 1.165) is 12.1 Å². The van der Waals surface area contributed by atoms with Crippen molar-refractivity contribution in [2.24, 2.45) is 0 Å². The number of phenols is 1. The highest BCUT2D eigenvalue weighted by molar-refractivity contribution is 5.57. The summed E-state index contributed by atoms with van der Waals surface area (Å²) < 4.78 is 45.5. The van der Waals surface area contributed by atoms with Crippen LogP contribution in [0.15, 0.2) is 104 Å². The zero-order chi connectivity index (χ0) is 22.6. The molecule has 0 atom stereocenters. The molecule has 1 rings (SSSR count). The van der Waals surface area contributed by atoms with E-state index in [-0.39, 0.29) is 16.9 Å². The maximum atomic E-state index is 13.9. The summed E-state index contributed by atoms with van der Waals surface area (Å²) in [6, 6.07) is 2.27. The van der Waals surface area contributed by atoms with Crippen LogP contribution in [0.3, 0.4) is 0 Å². The summed E-state index contributed by atoms with van der Waals surface area (Å²) in [5.74, 6) is -3.76. The lowest BCUT2D eigenvalue weighted by Crippen LogP contribution is -1.89. The first-order chi connectivity index (χ1) is 13.6. The molecule has 0 heterocycles. The van der Waals surface area contributed by atoms with Gasteiger partial charge in [0.05, 0.1) is 7.11 Å². The van der Waals surface area contributed by atoms with E-state index in [4.69, 9.17) is 9.84 Å². The molecule has 0 fully saturated rings. The van der Waals surface area contributed by atoms with Crippen LogP contribution in [0.2, 0.25) is 0 Å². The fourth-order valence-electron chi connectivity index (χ4n) is 1.68. The highest BCUT2D eigenvalue weighted by Crippen LogP contribution is 2.23. The van der Waals surface area contributed by atoms with Crippen LogP contribution in [0.25, 0.3) is 6.08 Å². The van der Waals surface area contributed by atoms with Gasteiger partial charge in [0, 0.05) is 17.2 Å². The van der Waals surface area contributed by atoms with Gasteiger partial charge in [0.1, 0.15) is 11.6 Å². The summed E-state index contributed by atoms with van der Waals surface area (Å²) in [5, 5.41) is 9.08. The lowest BCUT2D eigenvalue weighted by molar-refractivity contribution is 0.307. The van der Waals surface area contributed by atoms with Gasteiger partial charge in [0.2, 0.25) is 5.82 Å². The van der Waals surface area contributed by atoms with E-state index in [1.807, 2.05) is 6.92 Å². The van der Waals surface area contributed by atoms with Crippen LogP contribution in [0.1, 0.15) is 12.5 Å². The number of aromatic hydroxyl groups is 1. The summed E-state index contributed by atoms with van der Waals surface area (Å²) in [5.41, 5.74) is 0.713. The Hall–Kier alpha value is -3.47. The number of hydrogen-bond donors (Lipinski definition) is 1. The van der Waals surface area contributed by atoms with E-state index in [9.17, 15) is 13.2 Å². The molecule has 0 spiro atoms. The van der Waals surface area contributed by atoms with Gasteiger partial charge in [-0.2, -0.15) is 4.39 Å². The summed E-state index contributed by atoms with van der Waals surface area (Å²) in [7, 11) is 1.36. The first-order valence-corrected chi connectivity index (χ1v) is 8.36. The van der Waals surface area contributed by atoms with Crippen molar-refractivity contribution in [3.63, 3.8) is 0 Å². The van der Waals surface area contributed by atoms with E-state index >= 15 is 0 Å². The zero-order valence-electron chi connectivity index (χ0n) is 16.6. The van der Waals surface area contributed by atoms with Gasteiger partial charge in [-0.05, 0) is 30.2 Å². The Balaban J connectivity index is 0.00000245. The fraction of sp³-hybridized carbons (Fsp3) is 0.0833. The Bertz CT molecular complexity index is 888. The molecule has 0 unspecified atom stereocenters. The molecule has 1 N–H and O–H groups in total. The summed E-state index contributed by atoms with van der Waals surface area (Å²) >= 11 is 0. The third-order valence-corrected chi connectivity index (χ3v) is 3.29. The van der Waals surface area contributed by atoms with Crippen molar-refractivity contribution >= 4 is 6.08 Å². The second-order valence-electron chi connectivity index (χ2n) is 5.62. The number of phenolic OH excluding ortho intramolecular Hbond substituents is 1. The Labute approximate surface area is 170 Å². The molecule has 0 radical (unpaired) electrons. The molecule has 1 aromatic carbocycles. The number of benzene rings is 1. The Morgan fingerprint density at radius 3 is 2.17 bits per heavy atom. The van der Waals surface area contributed by atoms with Crippen molar-refractivity contribution in [1.82, 2.24) is 0 Å². The van der Waals surface area contributed by atoms with Crippen molar-refractivity contribution in [1.29, 1.82) is 0 Å². The molecule has 1 aromatic rings. The van der Waals surface area contributed by atoms with Gasteiger partial charge in [-0.15, -0.1) is 6.58 Å². The van der Waals surface area contributed by atoms with E-state index < -0.39 is 23.2 Å². The van der Waals surface area contributed by atoms with Gasteiger partial charge in [0.15, 0.2) is 11.6 Å². The second kappa shape index (κ2) is 12.8. The first-order valence-electron chi connectivity index (χ1n) is 8.36. The van der Waals surface area contributed by atoms with Crippen molar-refractivity contribution < 1.29 is 23.0 Å². The molecule has 5 heteroatoms. The Morgan fingerprint density at radius 2 is 1.62 bits per heavy atom. The lowest BCUT2D eigenvalue weighted by atomic mass is 10.1. The van der Waals surface area contributed by atoms with Crippen LogP contribution in [0, 0.1) is 11.6 Å².